The van der Waals surface area contributed by atoms with E-state index in [9.17, 15) is 0 Å². The smallest absolute Gasteiger partial charge is 0.126 e. The van der Waals surface area contributed by atoms with Crippen molar-refractivity contribution < 1.29 is 29.9 Å². The Hall–Kier alpha value is 0.202. The Bertz CT molecular complexity index is 490. The van der Waals surface area contributed by atoms with Gasteiger partial charge in [0.05, 0.1) is 19.5 Å². The molecule has 0 N–H and O–H groups in total. The molecule has 2 aliphatic carbocycles. The second-order valence-electron chi connectivity index (χ2n) is 6.88. The predicted molar refractivity (Wildman–Crippen MR) is 101 cm³/mol. The van der Waals surface area contributed by atoms with Crippen molar-refractivity contribution in [1.82, 2.24) is 0 Å². The molecule has 2 aliphatic rings. The first-order chi connectivity index (χ1) is 11.2. The molecule has 0 spiro atoms. The van der Waals surface area contributed by atoms with Gasteiger partial charge in [-0.1, -0.05) is 12.9 Å². The zero-order valence-corrected chi connectivity index (χ0v) is 17.8. The van der Waals surface area contributed by atoms with E-state index in [1.54, 1.807) is 14.2 Å². The first-order valence-electron chi connectivity index (χ1n) is 8.81. The Morgan fingerprint density at radius 1 is 0.875 bits per heavy atom. The maximum atomic E-state index is 6.65. The SMILES string of the molecule is COc1cc(OC)cc([P+]([CH-]Cl)(C2CCCC2)C2CCCC2)c1.[Pd]. The summed E-state index contributed by atoms with van der Waals surface area (Å²) in [5, 5.41) is 1.39. The molecule has 1 aromatic rings. The van der Waals surface area contributed by atoms with E-state index in [2.05, 4.69) is 17.8 Å². The van der Waals surface area contributed by atoms with E-state index >= 15 is 0 Å². The van der Waals surface area contributed by atoms with E-state index in [1.807, 2.05) is 6.07 Å². The molecule has 1 aromatic carbocycles. The molecule has 0 amide bonds. The van der Waals surface area contributed by atoms with Gasteiger partial charge in [0.1, 0.15) is 11.5 Å². The van der Waals surface area contributed by atoms with Crippen LogP contribution in [0.4, 0.5) is 0 Å². The molecule has 2 fully saturated rings. The molecule has 0 unspecified atom stereocenters. The molecule has 3 rings (SSSR count). The Labute approximate surface area is 166 Å². The first-order valence-corrected chi connectivity index (χ1v) is 11.2. The average molecular weight is 461 g/mol. The van der Waals surface area contributed by atoms with Crippen LogP contribution in [0.1, 0.15) is 51.4 Å². The topological polar surface area (TPSA) is 18.5 Å². The summed E-state index contributed by atoms with van der Waals surface area (Å²) in [4.78, 5) is 0. The van der Waals surface area contributed by atoms with Crippen LogP contribution in [0.5, 0.6) is 11.5 Å². The van der Waals surface area contributed by atoms with Crippen LogP contribution in [0.3, 0.4) is 0 Å². The van der Waals surface area contributed by atoms with Gasteiger partial charge in [0.15, 0.2) is 0 Å². The van der Waals surface area contributed by atoms with Gasteiger partial charge >= 0.3 is 0 Å². The van der Waals surface area contributed by atoms with Gasteiger partial charge < -0.3 is 21.1 Å². The minimum atomic E-state index is -1.52. The number of hydrogen-bond donors (Lipinski definition) is 0. The number of benzene rings is 1. The fourth-order valence-corrected chi connectivity index (χ4v) is 10.9. The Morgan fingerprint density at radius 3 is 1.62 bits per heavy atom. The average Bonchev–Trinajstić information content (AvgIpc) is 3.30. The summed E-state index contributed by atoms with van der Waals surface area (Å²) in [6.07, 6.45) is 10.7. The van der Waals surface area contributed by atoms with Gasteiger partial charge in [-0.25, -0.2) is 0 Å². The summed E-state index contributed by atoms with van der Waals surface area (Å²) >= 11 is 6.65. The van der Waals surface area contributed by atoms with Crippen LogP contribution in [0.25, 0.3) is 0 Å². The largest absolute Gasteiger partial charge is 0.496 e. The second-order valence-corrected chi connectivity index (χ2v) is 11.3. The van der Waals surface area contributed by atoms with E-state index < -0.39 is 7.26 Å². The number of rotatable bonds is 6. The predicted octanol–water partition coefficient (Wildman–Crippen LogP) is 5.59. The second kappa shape index (κ2) is 9.23. The monoisotopic (exact) mass is 460 g/mol. The van der Waals surface area contributed by atoms with Crippen molar-refractivity contribution in [2.24, 2.45) is 0 Å². The van der Waals surface area contributed by atoms with Crippen LogP contribution in [-0.4, -0.2) is 25.5 Å². The van der Waals surface area contributed by atoms with Crippen LogP contribution in [0.2, 0.25) is 0 Å². The molecule has 0 saturated heterocycles. The summed E-state index contributed by atoms with van der Waals surface area (Å²) in [6.45, 7) is 0. The minimum Gasteiger partial charge on any atom is -0.496 e. The summed E-state index contributed by atoms with van der Waals surface area (Å²) in [6, 6.07) is 6.42. The minimum absolute atomic E-state index is 0. The molecule has 0 aromatic heterocycles. The summed E-state index contributed by atoms with van der Waals surface area (Å²) in [5.74, 6) is 1.77. The molecular weight excluding hydrogens is 433 g/mol. The fraction of sp³-hybridized carbons (Fsp3) is 0.632. The van der Waals surface area contributed by atoms with Crippen molar-refractivity contribution in [3.8, 4) is 11.5 Å². The molecule has 0 heterocycles. The third-order valence-electron chi connectivity index (χ3n) is 5.80. The first kappa shape index (κ1) is 20.5. The molecule has 138 valence electrons. The maximum absolute atomic E-state index is 6.65. The quantitative estimate of drug-likeness (QED) is 0.313. The van der Waals surface area contributed by atoms with Crippen LogP contribution >= 0.6 is 18.9 Å². The van der Waals surface area contributed by atoms with Crippen molar-refractivity contribution in [2.75, 3.05) is 14.2 Å². The summed E-state index contributed by atoms with van der Waals surface area (Å²) in [5.41, 5.74) is 3.60. The van der Waals surface area contributed by atoms with Gasteiger partial charge in [-0.3, -0.25) is 0 Å². The van der Waals surface area contributed by atoms with E-state index in [0.717, 1.165) is 22.8 Å². The number of ether oxygens (including phenoxy) is 2. The van der Waals surface area contributed by atoms with Crippen molar-refractivity contribution >= 4 is 24.2 Å². The molecule has 24 heavy (non-hydrogen) atoms. The third-order valence-corrected chi connectivity index (χ3v) is 11.7. The van der Waals surface area contributed by atoms with Gasteiger partial charge in [0.25, 0.3) is 0 Å². The molecule has 0 aliphatic heterocycles. The number of methoxy groups -OCH3 is 2. The number of halogens is 1. The number of hydrogen-bond acceptors (Lipinski definition) is 2. The van der Waals surface area contributed by atoms with Crippen LogP contribution < -0.4 is 14.8 Å². The molecule has 2 nitrogen and oxygen atoms in total. The Balaban J connectivity index is 0.00000208. The summed E-state index contributed by atoms with van der Waals surface area (Å²) in [7, 11) is 1.94. The van der Waals surface area contributed by atoms with Gasteiger partial charge in [0.2, 0.25) is 0 Å². The van der Waals surface area contributed by atoms with Crippen molar-refractivity contribution in [3.05, 3.63) is 23.8 Å². The zero-order valence-electron chi connectivity index (χ0n) is 14.6. The van der Waals surface area contributed by atoms with Gasteiger partial charge in [0, 0.05) is 49.9 Å². The standard InChI is InChI=1S/C19H28ClO2P.Pd/c1-21-15-11-16(22-2)13-19(12-15)23(14-20,17-7-3-4-8-17)18-9-5-6-10-18;/h11-14,17-18H,3-10H2,1-2H3;. The molecular formula is C19H28ClO2PPd. The maximum Gasteiger partial charge on any atom is 0.126 e. The zero-order chi connectivity index (χ0) is 16.3. The molecule has 5 heteroatoms. The van der Waals surface area contributed by atoms with Crippen molar-refractivity contribution in [3.63, 3.8) is 0 Å². The van der Waals surface area contributed by atoms with Gasteiger partial charge in [-0.2, -0.15) is 0 Å². The van der Waals surface area contributed by atoms with Crippen LogP contribution in [0.15, 0.2) is 18.2 Å². The van der Waals surface area contributed by atoms with E-state index in [-0.39, 0.29) is 20.4 Å². The fourth-order valence-electron chi connectivity index (χ4n) is 4.61. The molecule has 2 saturated carbocycles. The van der Waals surface area contributed by atoms with Crippen molar-refractivity contribution in [1.29, 1.82) is 0 Å². The normalized spacial score (nSPS) is 19.3. The van der Waals surface area contributed by atoms with Crippen LogP contribution in [-0.2, 0) is 20.4 Å². The van der Waals surface area contributed by atoms with E-state index in [0.29, 0.717) is 0 Å². The Morgan fingerprint density at radius 2 is 1.29 bits per heavy atom. The molecule has 0 atom stereocenters. The van der Waals surface area contributed by atoms with E-state index in [1.165, 1.54) is 56.7 Å². The van der Waals surface area contributed by atoms with Gasteiger partial charge in [-0.05, 0) is 51.4 Å². The van der Waals surface area contributed by atoms with Crippen LogP contribution in [0, 0.1) is 5.62 Å². The third kappa shape index (κ3) is 3.81. The van der Waals surface area contributed by atoms with E-state index in [4.69, 9.17) is 21.1 Å². The summed E-state index contributed by atoms with van der Waals surface area (Å²) < 4.78 is 11.1. The van der Waals surface area contributed by atoms with Crippen molar-refractivity contribution in [2.45, 2.75) is 62.7 Å². The Kier molecular flexibility index (Phi) is 7.89. The molecule has 0 bridgehead atoms. The van der Waals surface area contributed by atoms with Gasteiger partial charge in [-0.15, -0.1) is 0 Å². The molecule has 0 radical (unpaired) electrons.